The molecule has 9 N–H and O–H groups in total. The lowest BCUT2D eigenvalue weighted by Crippen LogP contribution is -2.54. The molecule has 0 saturated carbocycles. The van der Waals surface area contributed by atoms with Gasteiger partial charge in [-0.25, -0.2) is 4.79 Å². The van der Waals surface area contributed by atoms with Gasteiger partial charge < -0.3 is 55.6 Å². The van der Waals surface area contributed by atoms with Gasteiger partial charge in [0.05, 0.1) is 10.6 Å². The molecule has 0 unspecified atom stereocenters. The Hall–Kier alpha value is -4.22. The Labute approximate surface area is 295 Å². The summed E-state index contributed by atoms with van der Waals surface area (Å²) in [6, 6.07) is 1.02. The van der Waals surface area contributed by atoms with E-state index in [1.165, 1.54) is 27.8 Å². The van der Waals surface area contributed by atoms with E-state index in [4.69, 9.17) is 24.7 Å². The average molecular weight is 755 g/mol. The number of carbonyl (C=O) groups excluding carboxylic acids is 3. The van der Waals surface area contributed by atoms with Crippen LogP contribution in [0, 0.1) is 0 Å². The maximum Gasteiger partial charge on any atom is 0.330 e. The molecule has 1 aromatic rings. The Kier molecular flexibility index (Phi) is 12.6. The smallest absolute Gasteiger partial charge is 0.330 e. The van der Waals surface area contributed by atoms with Crippen LogP contribution in [0.5, 0.6) is 0 Å². The number of anilines is 1. The lowest BCUT2D eigenvalue weighted by molar-refractivity contribution is -0.241. The molecule has 5 rings (SSSR count). The summed E-state index contributed by atoms with van der Waals surface area (Å²) in [6.07, 6.45) is -7.03. The summed E-state index contributed by atoms with van der Waals surface area (Å²) in [6.45, 7) is 0.237. The van der Waals surface area contributed by atoms with Crippen LogP contribution in [0.15, 0.2) is 43.9 Å². The second kappa shape index (κ2) is 16.9. The predicted molar refractivity (Wildman–Crippen MR) is 180 cm³/mol. The summed E-state index contributed by atoms with van der Waals surface area (Å²) in [7, 11) is 4.07. The van der Waals surface area contributed by atoms with Crippen LogP contribution < -0.4 is 33.2 Å². The third kappa shape index (κ3) is 8.81. The van der Waals surface area contributed by atoms with Crippen LogP contribution in [0.1, 0.15) is 44.8 Å². The minimum Gasteiger partial charge on any atom is -0.456 e. The van der Waals surface area contributed by atoms with Crippen LogP contribution >= 0.6 is 20.7 Å². The van der Waals surface area contributed by atoms with Crippen molar-refractivity contribution in [3.05, 3.63) is 60.7 Å². The number of H-pyrrole nitrogens is 2. The first-order valence-electron chi connectivity index (χ1n) is 15.9. The largest absolute Gasteiger partial charge is 0.456 e. The van der Waals surface area contributed by atoms with Crippen molar-refractivity contribution >= 4 is 44.1 Å². The van der Waals surface area contributed by atoms with Gasteiger partial charge >= 0.3 is 5.69 Å². The van der Waals surface area contributed by atoms with E-state index >= 15 is 0 Å². The number of unbranched alkanes of at least 4 members (excludes halogenated alkanes) is 4. The van der Waals surface area contributed by atoms with Gasteiger partial charge in [-0.2, -0.15) is 0 Å². The summed E-state index contributed by atoms with van der Waals surface area (Å²) in [5.41, 5.74) is 4.62. The molecule has 1 saturated heterocycles. The maximum absolute atomic E-state index is 12.9. The van der Waals surface area contributed by atoms with Gasteiger partial charge in [-0.05, 0) is 18.9 Å². The van der Waals surface area contributed by atoms with Crippen molar-refractivity contribution in [1.29, 1.82) is 0 Å². The quantitative estimate of drug-likeness (QED) is 0.0621. The number of fused-ring (bicyclic) bond motifs is 1. The predicted octanol–water partition coefficient (Wildman–Crippen LogP) is -1.35. The van der Waals surface area contributed by atoms with Crippen molar-refractivity contribution in [3.63, 3.8) is 0 Å². The minimum atomic E-state index is -1.80. The number of nitrogens with zero attached hydrogens (tertiary/aromatic N) is 1. The van der Waals surface area contributed by atoms with Gasteiger partial charge in [-0.1, -0.05) is 39.9 Å². The molecular weight excluding hydrogens is 716 g/mol. The fourth-order valence-electron chi connectivity index (χ4n) is 5.70. The topological polar surface area (TPSA) is 287 Å². The van der Waals surface area contributed by atoms with Gasteiger partial charge in [0.25, 0.3) is 17.0 Å². The Morgan fingerprint density at radius 3 is 2.55 bits per heavy atom. The van der Waals surface area contributed by atoms with Crippen LogP contribution in [0.3, 0.4) is 0 Å². The van der Waals surface area contributed by atoms with Crippen LogP contribution in [0.25, 0.3) is 10.6 Å². The zero-order valence-corrected chi connectivity index (χ0v) is 28.8. The lowest BCUT2D eigenvalue weighted by Gasteiger charge is -2.35. The van der Waals surface area contributed by atoms with Crippen molar-refractivity contribution in [3.8, 4) is 10.6 Å². The Balaban J connectivity index is 1.07. The number of aliphatic hydroxyl groups excluding tert-OH is 3. The highest BCUT2D eigenvalue weighted by atomic mass is 32.9. The van der Waals surface area contributed by atoms with Gasteiger partial charge in [0.15, 0.2) is 18.1 Å². The summed E-state index contributed by atoms with van der Waals surface area (Å²) < 4.78 is 23.1. The fraction of sp³-hybridized carbons (Fsp3) is 0.533. The zero-order valence-electron chi connectivity index (χ0n) is 27.1. The van der Waals surface area contributed by atoms with E-state index in [1.54, 1.807) is 0 Å². The highest BCUT2D eigenvalue weighted by Gasteiger charge is 2.52. The first-order chi connectivity index (χ1) is 24.4. The molecule has 21 heteroatoms. The third-order valence-corrected chi connectivity index (χ3v) is 10.4. The molecule has 0 spiro atoms. The molecule has 4 aliphatic rings. The molecule has 0 radical (unpaired) electrons. The molecule has 278 valence electrons. The molecular formula is C30H38N6O13S2. The van der Waals surface area contributed by atoms with E-state index in [0.29, 0.717) is 18.5 Å². The Bertz CT molecular complexity index is 1870. The molecule has 0 bridgehead atoms. The SMILES string of the molecule is CO[C@H]1[C@@H](O)[C@H](n2ccc(=O)[nH]c2=O)O[C@@H]1[C@@H](O[C@H]1OC(C(=O)NCCCCCCCC(=O)Nc2c3sscc-3[nH]c2=O)=C[C@H](O)[C@@H]1O)C(N)=O. The number of ether oxygens (including phenoxy) is 4. The summed E-state index contributed by atoms with van der Waals surface area (Å²) in [5.74, 6) is -2.52. The molecule has 1 aromatic heterocycles. The number of aliphatic hydroxyl groups is 3. The molecule has 51 heavy (non-hydrogen) atoms. The van der Waals surface area contributed by atoms with Gasteiger partial charge in [-0.15, -0.1) is 0 Å². The first-order valence-corrected chi connectivity index (χ1v) is 18.2. The van der Waals surface area contributed by atoms with E-state index in [1.807, 2.05) is 10.4 Å². The lowest BCUT2D eigenvalue weighted by atomic mass is 10.0. The van der Waals surface area contributed by atoms with Crippen molar-refractivity contribution in [2.24, 2.45) is 5.73 Å². The molecule has 1 fully saturated rings. The van der Waals surface area contributed by atoms with Crippen molar-refractivity contribution in [1.82, 2.24) is 19.9 Å². The summed E-state index contributed by atoms with van der Waals surface area (Å²) >= 11 is 0. The number of amides is 3. The van der Waals surface area contributed by atoms with Crippen molar-refractivity contribution in [2.75, 3.05) is 19.0 Å². The normalized spacial score (nSPS) is 25.3. The second-order valence-electron chi connectivity index (χ2n) is 11.8. The molecule has 4 aliphatic heterocycles. The number of primary amides is 1. The van der Waals surface area contributed by atoms with Crippen molar-refractivity contribution < 1.29 is 48.7 Å². The second-order valence-corrected chi connectivity index (χ2v) is 13.9. The van der Waals surface area contributed by atoms with E-state index < -0.39 is 78.0 Å². The van der Waals surface area contributed by atoms with E-state index in [2.05, 4.69) is 15.6 Å². The summed E-state index contributed by atoms with van der Waals surface area (Å²) in [4.78, 5) is 79.0. The number of hydrogen-bond donors (Lipinski definition) is 8. The molecule has 8 atom stereocenters. The number of aromatic nitrogens is 3. The highest BCUT2D eigenvalue weighted by Crippen LogP contribution is 2.36. The van der Waals surface area contributed by atoms with Gasteiger partial charge in [0.1, 0.15) is 36.2 Å². The molecule has 0 aliphatic carbocycles. The average Bonchev–Trinajstić information content (AvgIpc) is 3.76. The third-order valence-electron chi connectivity index (χ3n) is 8.30. The standard InChI is InChI=1S/C30H38N6O13S2/c1-46-21-20(41)28(36-10-8-17(39)35-30(36)45)48-22(21)23(25(31)42)49-29-19(40)14(37)11-15(47-29)26(43)32-9-6-4-2-3-5-7-16(38)34-18-24-13(12-50-51-24)33-27(18)44/h8,10-12,14,19-23,28-29,37,40-41H,2-7,9H2,1H3,(H2,31,42)(H,32,43)(H,33,44)(H,34,38)(H,35,39,45)/t14-,19-,20+,21-,22-,23+,28+,29+/m0/s1. The number of hydrogen-bond acceptors (Lipinski definition) is 15. The van der Waals surface area contributed by atoms with Gasteiger partial charge in [0.2, 0.25) is 18.1 Å². The molecule has 19 nitrogen and oxygen atoms in total. The number of aromatic amines is 2. The van der Waals surface area contributed by atoms with Crippen molar-refractivity contribution in [2.45, 2.75) is 87.7 Å². The number of carbonyl (C=O) groups is 3. The number of methoxy groups -OCH3 is 1. The Morgan fingerprint density at radius 2 is 1.82 bits per heavy atom. The van der Waals surface area contributed by atoms with Gasteiger partial charge in [-0.3, -0.25) is 33.5 Å². The van der Waals surface area contributed by atoms with Crippen LogP contribution in [-0.4, -0.2) is 104 Å². The number of rotatable bonds is 16. The fourth-order valence-corrected chi connectivity index (χ4v) is 7.86. The highest BCUT2D eigenvalue weighted by molar-refractivity contribution is 7.70. The van der Waals surface area contributed by atoms with Gasteiger partial charge in [0, 0.05) is 37.7 Å². The van der Waals surface area contributed by atoms with Crippen LogP contribution in [-0.2, 0) is 33.3 Å². The number of nitrogens with two attached hydrogens (primary N) is 1. The van der Waals surface area contributed by atoms with Crippen LogP contribution in [0.4, 0.5) is 5.69 Å². The molecule has 0 aromatic carbocycles. The number of nitrogens with one attached hydrogen (secondary N) is 4. The van der Waals surface area contributed by atoms with E-state index in [-0.39, 0.29) is 30.1 Å². The van der Waals surface area contributed by atoms with E-state index in [0.717, 1.165) is 47.0 Å². The van der Waals surface area contributed by atoms with E-state index in [9.17, 15) is 44.1 Å². The maximum atomic E-state index is 12.9. The zero-order chi connectivity index (χ0) is 36.8. The summed E-state index contributed by atoms with van der Waals surface area (Å²) in [5, 5.41) is 39.0. The van der Waals surface area contributed by atoms with Crippen LogP contribution in [0.2, 0.25) is 0 Å². The monoisotopic (exact) mass is 754 g/mol. The minimum absolute atomic E-state index is 0.237. The first kappa shape index (κ1) is 38.0. The molecule has 3 amide bonds. The Morgan fingerprint density at radius 1 is 1.08 bits per heavy atom. The molecule has 5 heterocycles.